The van der Waals surface area contributed by atoms with E-state index in [0.717, 1.165) is 11.1 Å². The summed E-state index contributed by atoms with van der Waals surface area (Å²) >= 11 is 6.38. The van der Waals surface area contributed by atoms with E-state index < -0.39 is 101 Å². The smallest absolute Gasteiger partial charge is 0.347 e. The van der Waals surface area contributed by atoms with E-state index in [1.54, 1.807) is 76.2 Å². The number of carbonyl (C=O) groups excluding carboxylic acids is 9. The van der Waals surface area contributed by atoms with Crippen LogP contribution < -0.4 is 37.1 Å². The molecule has 5 rings (SSSR count). The van der Waals surface area contributed by atoms with Gasteiger partial charge in [-0.15, -0.1) is 0 Å². The lowest BCUT2D eigenvalue weighted by atomic mass is 9.89. The Bertz CT molecular complexity index is 2900. The predicted molar refractivity (Wildman–Crippen MR) is 318 cm³/mol. The molecule has 23 heteroatoms. The average Bonchev–Trinajstić information content (AvgIpc) is 2.02. The number of carbonyl (C=O) groups is 10. The summed E-state index contributed by atoms with van der Waals surface area (Å²) in [5.41, 5.74) is 7.36. The number of Topliss-reactive ketones (excluding diaryl/α,β-unsaturated/α-hetero) is 1. The third kappa shape index (κ3) is 22.5. The first kappa shape index (κ1) is 68.9. The summed E-state index contributed by atoms with van der Waals surface area (Å²) in [5.74, 6) is -6.53. The fourth-order valence-corrected chi connectivity index (χ4v) is 9.91. The van der Waals surface area contributed by atoms with Crippen molar-refractivity contribution in [3.8, 4) is 5.75 Å². The van der Waals surface area contributed by atoms with E-state index in [0.29, 0.717) is 40.4 Å². The summed E-state index contributed by atoms with van der Waals surface area (Å²) in [6.45, 7) is 12.3. The Kier molecular flexibility index (Phi) is 26.6. The van der Waals surface area contributed by atoms with Gasteiger partial charge in [-0.05, 0) is 110 Å². The fourth-order valence-electron chi connectivity index (χ4n) is 9.63. The zero-order valence-corrected chi connectivity index (χ0v) is 51.0. The van der Waals surface area contributed by atoms with Gasteiger partial charge >= 0.3 is 29.9 Å². The number of cyclic esters (lactones) is 2. The number of halogens is 1. The number of ketones is 1. The first-order chi connectivity index (χ1) is 40.7. The Hall–Kier alpha value is -7.85. The highest BCUT2D eigenvalue weighted by Crippen LogP contribution is 2.45. The van der Waals surface area contributed by atoms with Crippen molar-refractivity contribution in [2.75, 3.05) is 25.5 Å². The first-order valence-corrected chi connectivity index (χ1v) is 29.5. The van der Waals surface area contributed by atoms with Gasteiger partial charge in [-0.3, -0.25) is 38.4 Å². The number of urea groups is 1. The van der Waals surface area contributed by atoms with E-state index in [2.05, 4.69) is 26.6 Å². The number of methoxy groups -OCH3 is 1. The van der Waals surface area contributed by atoms with Gasteiger partial charge in [-0.1, -0.05) is 94.8 Å². The molecular formula is C63H83ClN6O16. The van der Waals surface area contributed by atoms with E-state index in [4.69, 9.17) is 46.1 Å². The SMILES string of the molecule is COc1ccc(C[C@H]2NC(=O)/C=C/CC([C@H](C)[C@H]3O[C@@H]3c3ccc(CCC(=O)OCc4ccc(NC(=O)C(CCCNC(N)=O)CC(=O)[C@@H](NC(=O)CCCC(=O)O)C(C)C)cc4)cc3)OC(=O)[C@H](CC(C)C)OC(=O)C(C)(C)CNC2=O)cc1Cl. The van der Waals surface area contributed by atoms with Gasteiger partial charge in [0.2, 0.25) is 23.6 Å². The van der Waals surface area contributed by atoms with Crippen LogP contribution in [0.15, 0.2) is 78.9 Å². The second-order valence-corrected chi connectivity index (χ2v) is 23.7. The van der Waals surface area contributed by atoms with Crippen LogP contribution in [0.4, 0.5) is 10.5 Å². The number of primary amides is 1. The molecule has 0 spiro atoms. The van der Waals surface area contributed by atoms with Crippen molar-refractivity contribution in [1.29, 1.82) is 0 Å². The summed E-state index contributed by atoms with van der Waals surface area (Å²) in [6, 6.07) is 16.6. The van der Waals surface area contributed by atoms with Crippen molar-refractivity contribution in [2.24, 2.45) is 34.8 Å². The highest BCUT2D eigenvalue weighted by Gasteiger charge is 2.48. The number of rotatable bonds is 28. The maximum atomic E-state index is 14.0. The number of nitrogens with one attached hydrogen (secondary N) is 5. The minimum absolute atomic E-state index is 0.0329. The molecule has 0 aliphatic carbocycles. The van der Waals surface area contributed by atoms with E-state index in [9.17, 15) is 47.9 Å². The van der Waals surface area contributed by atoms with Crippen LogP contribution >= 0.6 is 11.6 Å². The third-order valence-corrected chi connectivity index (χ3v) is 15.1. The molecule has 1 fully saturated rings. The Labute approximate surface area is 507 Å². The lowest BCUT2D eigenvalue weighted by molar-refractivity contribution is -0.179. The van der Waals surface area contributed by atoms with Gasteiger partial charge in [0.25, 0.3) is 0 Å². The first-order valence-electron chi connectivity index (χ1n) is 29.1. The maximum absolute atomic E-state index is 14.0. The number of amides is 6. The normalized spacial score (nSPS) is 20.4. The van der Waals surface area contributed by atoms with Gasteiger partial charge in [0.15, 0.2) is 11.9 Å². The molecule has 2 aliphatic rings. The molecule has 468 valence electrons. The number of hydrogen-bond acceptors (Lipinski definition) is 15. The molecule has 1 saturated heterocycles. The number of nitrogens with two attached hydrogens (primary N) is 1. The number of ether oxygens (including phenoxy) is 5. The fraction of sp³-hybridized carbons (Fsp3) is 0.524. The summed E-state index contributed by atoms with van der Waals surface area (Å²) < 4.78 is 29.0. The van der Waals surface area contributed by atoms with Crippen LogP contribution in [0.1, 0.15) is 135 Å². The molecule has 86 heavy (non-hydrogen) atoms. The van der Waals surface area contributed by atoms with Gasteiger partial charge in [-0.2, -0.15) is 0 Å². The van der Waals surface area contributed by atoms with Crippen LogP contribution in [0.5, 0.6) is 5.75 Å². The highest BCUT2D eigenvalue weighted by molar-refractivity contribution is 6.32. The Balaban J connectivity index is 1.16. The van der Waals surface area contributed by atoms with Crippen molar-refractivity contribution in [2.45, 2.75) is 162 Å². The number of benzene rings is 3. The average molecular weight is 1220 g/mol. The Morgan fingerprint density at radius 2 is 1.56 bits per heavy atom. The highest BCUT2D eigenvalue weighted by atomic mass is 35.5. The second kappa shape index (κ2) is 33.2. The van der Waals surface area contributed by atoms with Gasteiger partial charge < -0.3 is 61.1 Å². The lowest BCUT2D eigenvalue weighted by Gasteiger charge is -2.29. The summed E-state index contributed by atoms with van der Waals surface area (Å²) in [4.78, 5) is 130. The van der Waals surface area contributed by atoms with Gasteiger partial charge in [0, 0.05) is 69.1 Å². The van der Waals surface area contributed by atoms with Crippen LogP contribution in [0.25, 0.3) is 0 Å². The van der Waals surface area contributed by atoms with E-state index in [1.165, 1.54) is 13.2 Å². The molecule has 2 heterocycles. The monoisotopic (exact) mass is 1210 g/mol. The number of hydrogen-bond donors (Lipinski definition) is 7. The Morgan fingerprint density at radius 3 is 2.20 bits per heavy atom. The molecule has 0 radical (unpaired) electrons. The number of carboxylic acids is 1. The van der Waals surface area contributed by atoms with E-state index in [1.807, 2.05) is 45.0 Å². The number of esters is 3. The van der Waals surface area contributed by atoms with Crippen molar-refractivity contribution in [3.05, 3.63) is 106 Å². The Morgan fingerprint density at radius 1 is 0.872 bits per heavy atom. The third-order valence-electron chi connectivity index (χ3n) is 14.8. The molecule has 8 atom stereocenters. The van der Waals surface area contributed by atoms with Crippen LogP contribution in [0, 0.1) is 29.1 Å². The van der Waals surface area contributed by atoms with Crippen molar-refractivity contribution < 1.29 is 76.7 Å². The van der Waals surface area contributed by atoms with Crippen molar-refractivity contribution in [1.82, 2.24) is 21.3 Å². The molecule has 3 aromatic carbocycles. The molecular weight excluding hydrogens is 1130 g/mol. The second-order valence-electron chi connectivity index (χ2n) is 23.3. The molecule has 0 saturated carbocycles. The molecule has 2 unspecified atom stereocenters. The maximum Gasteiger partial charge on any atom is 0.347 e. The number of carboxylic acid groups (broad SMARTS) is 1. The summed E-state index contributed by atoms with van der Waals surface area (Å²) in [7, 11) is 1.48. The zero-order chi connectivity index (χ0) is 63.3. The van der Waals surface area contributed by atoms with Crippen molar-refractivity contribution >= 4 is 76.6 Å². The number of anilines is 1. The van der Waals surface area contributed by atoms with Crippen LogP contribution in [0.3, 0.4) is 0 Å². The topological polar surface area (TPSA) is 327 Å². The number of epoxide rings is 1. The minimum Gasteiger partial charge on any atom is -0.495 e. The molecule has 2 aliphatic heterocycles. The lowest BCUT2D eigenvalue weighted by Crippen LogP contribution is -2.51. The molecule has 0 bridgehead atoms. The van der Waals surface area contributed by atoms with Crippen LogP contribution in [-0.2, 0) is 81.5 Å². The van der Waals surface area contributed by atoms with E-state index in [-0.39, 0.29) is 101 Å². The number of aliphatic carboxylic acids is 1. The van der Waals surface area contributed by atoms with Crippen molar-refractivity contribution in [3.63, 3.8) is 0 Å². The zero-order valence-electron chi connectivity index (χ0n) is 50.2. The number of aryl methyl sites for hydroxylation is 1. The van der Waals surface area contributed by atoms with Gasteiger partial charge in [0.1, 0.15) is 30.6 Å². The van der Waals surface area contributed by atoms with Crippen LogP contribution in [0.2, 0.25) is 5.02 Å². The van der Waals surface area contributed by atoms with Gasteiger partial charge in [-0.25, -0.2) is 9.59 Å². The predicted octanol–water partition coefficient (Wildman–Crippen LogP) is 7.16. The standard InChI is InChI=1S/C63H83ClN6O16/c1-36(2)30-50-60(79)84-48(13-9-14-51(72)69-46(32-41-21-27-49(82-8)45(64)31-41)59(78)67-35-63(6,7)61(80)85-50)38(5)56-57(86-56)42-23-17-39(18-24-42)22-28-54(76)83-34-40-19-25-44(26-20-40)68-58(77)43(12-11-29-66-62(65)81)33-47(71)55(37(3)4)70-52(73)15-10-16-53(74)75/h9,14,17-21,23-27,31,36-38,43,46,48,50,55-57H,10-13,15-16,22,28-30,32-35H2,1-8H3,(H,67,78)(H,68,77)(H,69,72)(H,70,73)(H,74,75)(H3,65,66,81)/b14-9+/t38-,43?,46+,48?,50-,55-,56+,57+/m0/s1. The molecule has 3 aromatic rings. The molecule has 8 N–H and O–H groups in total. The molecule has 22 nitrogen and oxygen atoms in total. The minimum atomic E-state index is -1.28. The van der Waals surface area contributed by atoms with Gasteiger partial charge in [0.05, 0.1) is 29.7 Å². The van der Waals surface area contributed by atoms with Crippen LogP contribution in [-0.4, -0.2) is 115 Å². The van der Waals surface area contributed by atoms with E-state index >= 15 is 0 Å². The summed E-state index contributed by atoms with van der Waals surface area (Å²) in [5, 5.41) is 22.8. The molecule has 0 aromatic heterocycles. The quantitative estimate of drug-likeness (QED) is 0.0164. The summed E-state index contributed by atoms with van der Waals surface area (Å²) in [6.07, 6.45) is 0.996. The largest absolute Gasteiger partial charge is 0.495 e. The molecule has 6 amide bonds.